The molecule has 0 aromatic heterocycles. The van der Waals surface area contributed by atoms with E-state index in [0.717, 1.165) is 19.6 Å². The molecular formula is C17H28BrN3. The van der Waals surface area contributed by atoms with E-state index in [-0.39, 0.29) is 0 Å². The van der Waals surface area contributed by atoms with E-state index >= 15 is 0 Å². The maximum Gasteiger partial charge on any atom is 0.0378 e. The summed E-state index contributed by atoms with van der Waals surface area (Å²) in [7, 11) is 2.23. The highest BCUT2D eigenvalue weighted by Gasteiger charge is 2.26. The monoisotopic (exact) mass is 353 g/mol. The zero-order valence-electron chi connectivity index (χ0n) is 13.9. The van der Waals surface area contributed by atoms with Crippen LogP contribution in [0.5, 0.6) is 0 Å². The van der Waals surface area contributed by atoms with Crippen LogP contribution in [0.4, 0.5) is 5.69 Å². The Morgan fingerprint density at radius 3 is 2.38 bits per heavy atom. The van der Waals surface area contributed by atoms with Crippen LogP contribution in [-0.2, 0) is 6.54 Å². The second-order valence-corrected chi connectivity index (χ2v) is 7.43. The topological polar surface area (TPSA) is 18.5 Å². The number of rotatable bonds is 4. The number of nitrogens with zero attached hydrogens (tertiary/aromatic N) is 2. The van der Waals surface area contributed by atoms with Crippen molar-refractivity contribution in [2.75, 3.05) is 25.0 Å². The second-order valence-electron chi connectivity index (χ2n) is 6.58. The summed E-state index contributed by atoms with van der Waals surface area (Å²) in [5.41, 5.74) is 2.64. The maximum atomic E-state index is 3.73. The molecule has 118 valence electrons. The van der Waals surface area contributed by atoms with Crippen molar-refractivity contribution < 1.29 is 0 Å². The minimum Gasteiger partial charge on any atom is -0.368 e. The lowest BCUT2D eigenvalue weighted by Crippen LogP contribution is -2.55. The highest BCUT2D eigenvalue weighted by atomic mass is 79.9. The lowest BCUT2D eigenvalue weighted by Gasteiger charge is -2.43. The summed E-state index contributed by atoms with van der Waals surface area (Å²) in [4.78, 5) is 4.96. The van der Waals surface area contributed by atoms with Crippen molar-refractivity contribution in [2.24, 2.45) is 0 Å². The normalized spacial score (nSPS) is 23.9. The van der Waals surface area contributed by atoms with Crippen LogP contribution in [0.15, 0.2) is 22.7 Å². The van der Waals surface area contributed by atoms with Crippen LogP contribution < -0.4 is 10.2 Å². The van der Waals surface area contributed by atoms with Gasteiger partial charge in [-0.1, -0.05) is 35.8 Å². The quantitative estimate of drug-likeness (QED) is 0.893. The van der Waals surface area contributed by atoms with Gasteiger partial charge in [-0.05, 0) is 38.6 Å². The minimum atomic E-state index is 0.510. The molecule has 1 aromatic carbocycles. The number of likely N-dealkylation sites (N-methyl/N-ethyl adjacent to an activating group) is 1. The highest BCUT2D eigenvalue weighted by molar-refractivity contribution is 9.10. The molecule has 0 aliphatic carbocycles. The third kappa shape index (κ3) is 4.21. The Morgan fingerprint density at radius 2 is 1.86 bits per heavy atom. The fourth-order valence-electron chi connectivity index (χ4n) is 2.81. The van der Waals surface area contributed by atoms with Crippen LogP contribution in [0.25, 0.3) is 0 Å². The minimum absolute atomic E-state index is 0.510. The van der Waals surface area contributed by atoms with Gasteiger partial charge < -0.3 is 10.2 Å². The number of hydrogen-bond donors (Lipinski definition) is 1. The van der Waals surface area contributed by atoms with E-state index in [4.69, 9.17) is 0 Å². The first-order valence-corrected chi connectivity index (χ1v) is 8.66. The van der Waals surface area contributed by atoms with Crippen molar-refractivity contribution in [1.82, 2.24) is 10.2 Å². The molecule has 2 atom stereocenters. The van der Waals surface area contributed by atoms with Gasteiger partial charge in [-0.3, -0.25) is 4.90 Å². The fourth-order valence-corrected chi connectivity index (χ4v) is 3.31. The van der Waals surface area contributed by atoms with Crippen molar-refractivity contribution >= 4 is 21.6 Å². The maximum absolute atomic E-state index is 3.73. The van der Waals surface area contributed by atoms with Gasteiger partial charge in [0.05, 0.1) is 0 Å². The highest BCUT2D eigenvalue weighted by Crippen LogP contribution is 2.27. The van der Waals surface area contributed by atoms with Crippen LogP contribution in [0.2, 0.25) is 0 Å². The van der Waals surface area contributed by atoms with Gasteiger partial charge in [0.2, 0.25) is 0 Å². The Balaban J connectivity index is 2.09. The first-order chi connectivity index (χ1) is 9.88. The van der Waals surface area contributed by atoms with Gasteiger partial charge in [-0.2, -0.15) is 0 Å². The molecule has 0 radical (unpaired) electrons. The number of nitrogens with one attached hydrogen (secondary N) is 1. The first-order valence-electron chi connectivity index (χ1n) is 7.87. The van der Waals surface area contributed by atoms with Crippen LogP contribution >= 0.6 is 15.9 Å². The van der Waals surface area contributed by atoms with Crippen molar-refractivity contribution in [2.45, 2.75) is 52.4 Å². The summed E-state index contributed by atoms with van der Waals surface area (Å²) in [6.07, 6.45) is 0. The molecule has 0 spiro atoms. The van der Waals surface area contributed by atoms with Crippen molar-refractivity contribution in [1.29, 1.82) is 0 Å². The van der Waals surface area contributed by atoms with E-state index in [1.165, 1.54) is 15.7 Å². The molecule has 1 aliphatic heterocycles. The molecule has 1 fully saturated rings. The Hall–Kier alpha value is -0.580. The largest absolute Gasteiger partial charge is 0.368 e. The van der Waals surface area contributed by atoms with Crippen LogP contribution in [0.1, 0.15) is 33.3 Å². The molecule has 3 nitrogen and oxygen atoms in total. The van der Waals surface area contributed by atoms with E-state index in [9.17, 15) is 0 Å². The smallest absolute Gasteiger partial charge is 0.0378 e. The number of hydrogen-bond acceptors (Lipinski definition) is 3. The van der Waals surface area contributed by atoms with Crippen LogP contribution in [-0.4, -0.2) is 43.2 Å². The summed E-state index contributed by atoms with van der Waals surface area (Å²) >= 11 is 3.73. The fraction of sp³-hybridized carbons (Fsp3) is 0.647. The third-order valence-corrected chi connectivity index (χ3v) is 5.20. The lowest BCUT2D eigenvalue weighted by molar-refractivity contribution is 0.170. The van der Waals surface area contributed by atoms with E-state index < -0.39 is 0 Å². The molecule has 21 heavy (non-hydrogen) atoms. The predicted molar refractivity (Wildman–Crippen MR) is 95.0 cm³/mol. The molecule has 4 heteroatoms. The Labute approximate surface area is 137 Å². The Morgan fingerprint density at radius 1 is 1.24 bits per heavy atom. The first kappa shape index (κ1) is 16.8. The van der Waals surface area contributed by atoms with E-state index in [0.29, 0.717) is 18.1 Å². The molecule has 1 heterocycles. The zero-order chi connectivity index (χ0) is 15.6. The molecule has 1 aliphatic rings. The summed E-state index contributed by atoms with van der Waals surface area (Å²) in [6, 6.07) is 8.46. The SMILES string of the molecule is CC(C)NCc1ccc(N2CC(C)N(C)C(C)C2)cc1Br. The number of anilines is 1. The molecule has 1 saturated heterocycles. The van der Waals surface area contributed by atoms with Gasteiger partial charge in [0.25, 0.3) is 0 Å². The number of halogens is 1. The standard InChI is InChI=1S/C17H28BrN3/c1-12(2)19-9-15-6-7-16(8-17(15)18)21-10-13(3)20(5)14(4)11-21/h6-8,12-14,19H,9-11H2,1-5H3. The second kappa shape index (κ2) is 7.12. The Bertz CT molecular complexity index is 463. The number of benzene rings is 1. The van der Waals surface area contributed by atoms with Crippen molar-refractivity contribution in [3.05, 3.63) is 28.2 Å². The lowest BCUT2D eigenvalue weighted by atomic mass is 10.1. The average Bonchev–Trinajstić information content (AvgIpc) is 2.42. The van der Waals surface area contributed by atoms with E-state index in [1.54, 1.807) is 0 Å². The van der Waals surface area contributed by atoms with Crippen molar-refractivity contribution in [3.8, 4) is 0 Å². The molecule has 0 amide bonds. The summed E-state index contributed by atoms with van der Waals surface area (Å²) in [6.45, 7) is 12.1. The summed E-state index contributed by atoms with van der Waals surface area (Å²) in [5, 5.41) is 3.47. The van der Waals surface area contributed by atoms with E-state index in [2.05, 4.69) is 84.0 Å². The van der Waals surface area contributed by atoms with Gasteiger partial charge in [0.15, 0.2) is 0 Å². The molecule has 0 saturated carbocycles. The van der Waals surface area contributed by atoms with Crippen molar-refractivity contribution in [3.63, 3.8) is 0 Å². The molecule has 0 bridgehead atoms. The molecule has 1 aromatic rings. The van der Waals surface area contributed by atoms with Crippen LogP contribution in [0, 0.1) is 0 Å². The summed E-state index contributed by atoms with van der Waals surface area (Å²) in [5.74, 6) is 0. The van der Waals surface area contributed by atoms with Gasteiger partial charge >= 0.3 is 0 Å². The molecule has 1 N–H and O–H groups in total. The van der Waals surface area contributed by atoms with Crippen LogP contribution in [0.3, 0.4) is 0 Å². The van der Waals surface area contributed by atoms with E-state index in [1.807, 2.05) is 0 Å². The van der Waals surface area contributed by atoms with Gasteiger partial charge in [0.1, 0.15) is 0 Å². The molecule has 2 unspecified atom stereocenters. The van der Waals surface area contributed by atoms with Gasteiger partial charge in [-0.25, -0.2) is 0 Å². The average molecular weight is 354 g/mol. The van der Waals surface area contributed by atoms with Gasteiger partial charge in [-0.15, -0.1) is 0 Å². The molecule has 2 rings (SSSR count). The summed E-state index contributed by atoms with van der Waals surface area (Å²) < 4.78 is 1.20. The third-order valence-electron chi connectivity index (χ3n) is 4.46. The van der Waals surface area contributed by atoms with Gasteiger partial charge in [0, 0.05) is 47.9 Å². The number of piperazine rings is 1. The molecular weight excluding hydrogens is 326 g/mol. The zero-order valence-corrected chi connectivity index (χ0v) is 15.4. The predicted octanol–water partition coefficient (Wildman–Crippen LogP) is 3.48. The Kier molecular flexibility index (Phi) is 5.69.